The van der Waals surface area contributed by atoms with Gasteiger partial charge < -0.3 is 9.47 Å². The molecular formula is C27H25F7O2. The van der Waals surface area contributed by atoms with Gasteiger partial charge in [-0.2, -0.15) is 8.78 Å². The molecule has 0 radical (unpaired) electrons. The molecule has 0 amide bonds. The van der Waals surface area contributed by atoms with Crippen molar-refractivity contribution in [2.24, 2.45) is 5.92 Å². The smallest absolute Gasteiger partial charge is 0.429 e. The number of benzene rings is 3. The third-order valence-corrected chi connectivity index (χ3v) is 5.66. The first kappa shape index (κ1) is 27.5. The van der Waals surface area contributed by atoms with E-state index in [2.05, 4.69) is 11.7 Å². The summed E-state index contributed by atoms with van der Waals surface area (Å²) in [5.41, 5.74) is -0.475. The zero-order valence-electron chi connectivity index (χ0n) is 19.9. The molecule has 4 rings (SSSR count). The second-order valence-corrected chi connectivity index (χ2v) is 8.26. The number of alkyl halides is 2. The zero-order valence-corrected chi connectivity index (χ0v) is 19.9. The molecular weight excluding hydrogens is 489 g/mol. The molecule has 2 atom stereocenters. The Morgan fingerprint density at radius 1 is 0.778 bits per heavy atom. The second kappa shape index (κ2) is 11.3. The lowest BCUT2D eigenvalue weighted by atomic mass is 9.94. The van der Waals surface area contributed by atoms with Crippen LogP contribution in [0.25, 0.3) is 11.1 Å². The summed E-state index contributed by atoms with van der Waals surface area (Å²) in [5, 5.41) is 0. The fourth-order valence-corrected chi connectivity index (χ4v) is 3.84. The summed E-state index contributed by atoms with van der Waals surface area (Å²) in [6.07, 6.45) is -2.87. The van der Waals surface area contributed by atoms with Crippen LogP contribution in [0.3, 0.4) is 0 Å². The molecule has 36 heavy (non-hydrogen) atoms. The first-order valence-corrected chi connectivity index (χ1v) is 11.5. The Bertz CT molecular complexity index is 1140. The quantitative estimate of drug-likeness (QED) is 0.251. The van der Waals surface area contributed by atoms with Gasteiger partial charge in [-0.1, -0.05) is 45.0 Å². The highest BCUT2D eigenvalue weighted by atomic mass is 19.3. The molecule has 2 nitrogen and oxygen atoms in total. The van der Waals surface area contributed by atoms with E-state index in [1.807, 2.05) is 13.8 Å². The van der Waals surface area contributed by atoms with Gasteiger partial charge in [0.2, 0.25) is 0 Å². The predicted molar refractivity (Wildman–Crippen MR) is 121 cm³/mol. The molecule has 1 heterocycles. The van der Waals surface area contributed by atoms with E-state index >= 15 is 0 Å². The van der Waals surface area contributed by atoms with Crippen LogP contribution >= 0.6 is 0 Å². The van der Waals surface area contributed by atoms with Crippen LogP contribution < -0.4 is 4.74 Å². The molecule has 0 aromatic heterocycles. The molecule has 0 N–H and O–H groups in total. The Morgan fingerprint density at radius 2 is 1.33 bits per heavy atom. The Kier molecular flexibility index (Phi) is 8.66. The highest BCUT2D eigenvalue weighted by Crippen LogP contribution is 2.38. The minimum Gasteiger partial charge on any atom is -0.429 e. The highest BCUT2D eigenvalue weighted by Gasteiger charge is 2.41. The molecule has 9 heteroatoms. The summed E-state index contributed by atoms with van der Waals surface area (Å²) >= 11 is 0. The summed E-state index contributed by atoms with van der Waals surface area (Å²) in [4.78, 5) is 0. The standard InChI is InChI=1S/C25H19F7O2.C2H6/c1-13-2-7-22(33-12-13)15-5-3-14(4-6-15)16-8-18(26)23(19(27)9-16)25(31,32)34-17-10-20(28)24(30)21(29)11-17;1-2/h3-6,8-11,13,22H,2,7,12H2,1H3;1-2H3. The van der Waals surface area contributed by atoms with E-state index < -0.39 is 46.5 Å². The van der Waals surface area contributed by atoms with Crippen LogP contribution in [0.4, 0.5) is 30.7 Å². The second-order valence-electron chi connectivity index (χ2n) is 8.26. The molecule has 3 aromatic carbocycles. The van der Waals surface area contributed by atoms with Crippen LogP contribution in [0.2, 0.25) is 0 Å². The summed E-state index contributed by atoms with van der Waals surface area (Å²) in [7, 11) is 0. The van der Waals surface area contributed by atoms with Gasteiger partial charge in [0.15, 0.2) is 17.5 Å². The van der Waals surface area contributed by atoms with Crippen LogP contribution in [0.1, 0.15) is 50.8 Å². The van der Waals surface area contributed by atoms with Gasteiger partial charge in [0.25, 0.3) is 0 Å². The van der Waals surface area contributed by atoms with Gasteiger partial charge in [-0.25, -0.2) is 22.0 Å². The maximum atomic E-state index is 14.6. The predicted octanol–water partition coefficient (Wildman–Crippen LogP) is 8.69. The Balaban J connectivity index is 0.00000176. The number of halogens is 7. The van der Waals surface area contributed by atoms with Crippen molar-refractivity contribution in [3.8, 4) is 16.9 Å². The molecule has 1 fully saturated rings. The largest absolute Gasteiger partial charge is 0.432 e. The van der Waals surface area contributed by atoms with Crippen molar-refractivity contribution in [2.45, 2.75) is 45.8 Å². The van der Waals surface area contributed by atoms with Gasteiger partial charge in [0, 0.05) is 18.7 Å². The topological polar surface area (TPSA) is 18.5 Å². The average molecular weight is 514 g/mol. The van der Waals surface area contributed by atoms with E-state index in [0.29, 0.717) is 30.2 Å². The van der Waals surface area contributed by atoms with Crippen molar-refractivity contribution in [3.05, 3.63) is 88.7 Å². The first-order valence-electron chi connectivity index (χ1n) is 11.5. The normalized spacial score (nSPS) is 17.8. The summed E-state index contributed by atoms with van der Waals surface area (Å²) in [5.74, 6) is -9.40. The molecule has 1 saturated heterocycles. The van der Waals surface area contributed by atoms with Crippen molar-refractivity contribution in [3.63, 3.8) is 0 Å². The summed E-state index contributed by atoms with van der Waals surface area (Å²) in [6, 6.07) is 8.39. The van der Waals surface area contributed by atoms with Crippen LogP contribution in [0.15, 0.2) is 48.5 Å². The fourth-order valence-electron chi connectivity index (χ4n) is 3.84. The third-order valence-electron chi connectivity index (χ3n) is 5.66. The summed E-state index contributed by atoms with van der Waals surface area (Å²) < 4.78 is 108. The number of hydrogen-bond acceptors (Lipinski definition) is 2. The van der Waals surface area contributed by atoms with Crippen molar-refractivity contribution in [1.29, 1.82) is 0 Å². The maximum Gasteiger partial charge on any atom is 0.432 e. The van der Waals surface area contributed by atoms with Crippen LogP contribution in [0.5, 0.6) is 5.75 Å². The van der Waals surface area contributed by atoms with Crippen molar-refractivity contribution in [2.75, 3.05) is 6.61 Å². The van der Waals surface area contributed by atoms with Gasteiger partial charge >= 0.3 is 6.11 Å². The van der Waals surface area contributed by atoms with E-state index in [4.69, 9.17) is 4.74 Å². The van der Waals surface area contributed by atoms with E-state index in [1.165, 1.54) is 0 Å². The minimum atomic E-state index is -4.64. The van der Waals surface area contributed by atoms with Gasteiger partial charge in [0.1, 0.15) is 22.9 Å². The molecule has 1 aliphatic rings. The Morgan fingerprint density at radius 3 is 1.83 bits per heavy atom. The zero-order chi connectivity index (χ0) is 26.6. The summed E-state index contributed by atoms with van der Waals surface area (Å²) in [6.45, 7) is 6.73. The number of rotatable bonds is 5. The highest BCUT2D eigenvalue weighted by molar-refractivity contribution is 5.64. The maximum absolute atomic E-state index is 14.6. The van der Waals surface area contributed by atoms with E-state index in [1.54, 1.807) is 24.3 Å². The van der Waals surface area contributed by atoms with E-state index in [0.717, 1.165) is 18.4 Å². The van der Waals surface area contributed by atoms with Crippen molar-refractivity contribution >= 4 is 0 Å². The van der Waals surface area contributed by atoms with Crippen LogP contribution in [-0.2, 0) is 10.8 Å². The van der Waals surface area contributed by atoms with E-state index in [9.17, 15) is 30.7 Å². The monoisotopic (exact) mass is 514 g/mol. The Labute approximate surface area is 204 Å². The lowest BCUT2D eigenvalue weighted by Crippen LogP contribution is -2.25. The van der Waals surface area contributed by atoms with Gasteiger partial charge in [-0.05, 0) is 47.6 Å². The molecule has 1 aliphatic heterocycles. The number of ether oxygens (including phenoxy) is 2. The minimum absolute atomic E-state index is 0.00171. The van der Waals surface area contributed by atoms with Gasteiger partial charge in [-0.15, -0.1) is 0 Å². The van der Waals surface area contributed by atoms with Gasteiger partial charge in [-0.3, -0.25) is 0 Å². The molecule has 0 spiro atoms. The first-order chi connectivity index (χ1) is 17.0. The van der Waals surface area contributed by atoms with Crippen molar-refractivity contribution in [1.82, 2.24) is 0 Å². The molecule has 0 saturated carbocycles. The SMILES string of the molecule is CC.CC1CCC(c2ccc(-c3cc(F)c(C(F)(F)Oc4cc(F)c(F)c(F)c4)c(F)c3)cc2)OC1. The van der Waals surface area contributed by atoms with Gasteiger partial charge in [0.05, 0.1) is 6.10 Å². The van der Waals surface area contributed by atoms with Crippen LogP contribution in [-0.4, -0.2) is 6.61 Å². The van der Waals surface area contributed by atoms with Crippen LogP contribution in [0, 0.1) is 35.0 Å². The van der Waals surface area contributed by atoms with Crippen molar-refractivity contribution < 1.29 is 40.2 Å². The molecule has 2 unspecified atom stereocenters. The molecule has 194 valence electrons. The lowest BCUT2D eigenvalue weighted by Gasteiger charge is -2.27. The fraction of sp³-hybridized carbons (Fsp3) is 0.333. The number of hydrogen-bond donors (Lipinski definition) is 0. The average Bonchev–Trinajstić information content (AvgIpc) is 2.83. The Hall–Kier alpha value is -3.07. The molecule has 3 aromatic rings. The third kappa shape index (κ3) is 6.00. The molecule has 0 bridgehead atoms. The molecule has 0 aliphatic carbocycles. The van der Waals surface area contributed by atoms with E-state index in [-0.39, 0.29) is 23.8 Å². The lowest BCUT2D eigenvalue weighted by molar-refractivity contribution is -0.189.